The van der Waals surface area contributed by atoms with Gasteiger partial charge in [0.15, 0.2) is 0 Å². The molecule has 1 aromatic carbocycles. The lowest BCUT2D eigenvalue weighted by atomic mass is 9.87. The van der Waals surface area contributed by atoms with Crippen molar-refractivity contribution in [2.45, 2.75) is 45.1 Å². The predicted octanol–water partition coefficient (Wildman–Crippen LogP) is 5.11. The summed E-state index contributed by atoms with van der Waals surface area (Å²) in [7, 11) is 2.16. The van der Waals surface area contributed by atoms with Gasteiger partial charge in [-0.05, 0) is 82.4 Å². The summed E-state index contributed by atoms with van der Waals surface area (Å²) in [5.41, 5.74) is 3.63. The van der Waals surface area contributed by atoms with Gasteiger partial charge in [0, 0.05) is 17.1 Å². The molecule has 0 unspecified atom stereocenters. The number of likely N-dealkylation sites (tertiary alicyclic amines) is 1. The van der Waals surface area contributed by atoms with Gasteiger partial charge < -0.3 is 10.3 Å². The Hall–Kier alpha value is -2.44. The lowest BCUT2D eigenvalue weighted by molar-refractivity contribution is -0.116. The molecule has 0 spiro atoms. The third-order valence-corrected chi connectivity index (χ3v) is 6.20. The van der Waals surface area contributed by atoms with Crippen LogP contribution in [0.15, 0.2) is 36.5 Å². The first-order valence-electron chi connectivity index (χ1n) is 10.6. The molecular weight excluding hydrogens is 398 g/mol. The first-order chi connectivity index (χ1) is 14.5. The molecule has 158 valence electrons. The van der Waals surface area contributed by atoms with E-state index in [9.17, 15) is 4.79 Å². The third-order valence-electron chi connectivity index (χ3n) is 5.97. The summed E-state index contributed by atoms with van der Waals surface area (Å²) < 4.78 is 0. The fraction of sp³-hybridized carbons (Fsp3) is 0.435. The number of carbonyl (C=O) groups is 1. The fourth-order valence-electron chi connectivity index (χ4n) is 4.21. The van der Waals surface area contributed by atoms with Crippen LogP contribution in [0.5, 0.6) is 0 Å². The van der Waals surface area contributed by atoms with Crippen LogP contribution in [0.2, 0.25) is 5.02 Å². The Kier molecular flexibility index (Phi) is 6.35. The molecule has 0 aliphatic carbocycles. The normalized spacial score (nSPS) is 19.8. The van der Waals surface area contributed by atoms with Crippen molar-refractivity contribution in [1.82, 2.24) is 19.9 Å². The minimum Gasteiger partial charge on any atom is -0.341 e. The molecule has 1 aliphatic rings. The zero-order chi connectivity index (χ0) is 21.1. The van der Waals surface area contributed by atoms with Crippen LogP contribution in [0, 0.1) is 12.8 Å². The molecule has 0 saturated carbocycles. The molecule has 1 aliphatic heterocycles. The van der Waals surface area contributed by atoms with Crippen molar-refractivity contribution in [3.63, 3.8) is 0 Å². The van der Waals surface area contributed by atoms with Crippen LogP contribution in [-0.4, -0.2) is 39.4 Å². The average Bonchev–Trinajstić information content (AvgIpc) is 3.14. The molecule has 4 rings (SSSR count). The van der Waals surface area contributed by atoms with E-state index in [4.69, 9.17) is 16.6 Å². The highest BCUT2D eigenvalue weighted by atomic mass is 35.5. The lowest BCUT2D eigenvalue weighted by Crippen LogP contribution is -2.34. The number of nitrogens with zero attached hydrogens (tertiary/aromatic N) is 3. The maximum absolute atomic E-state index is 12.2. The molecule has 2 atom stereocenters. The highest BCUT2D eigenvalue weighted by Crippen LogP contribution is 2.35. The van der Waals surface area contributed by atoms with Gasteiger partial charge in [0.25, 0.3) is 0 Å². The first kappa shape index (κ1) is 20.8. The Morgan fingerprint density at radius 3 is 3.00 bits per heavy atom. The number of aromatic nitrogens is 3. The second-order valence-electron chi connectivity index (χ2n) is 8.30. The predicted molar refractivity (Wildman–Crippen MR) is 121 cm³/mol. The summed E-state index contributed by atoms with van der Waals surface area (Å²) in [6.45, 7) is 2.97. The number of nitrogens with one attached hydrogen (secondary N) is 2. The summed E-state index contributed by atoms with van der Waals surface area (Å²) in [6.07, 6.45) is 6.39. The molecule has 3 heterocycles. The maximum atomic E-state index is 12.2. The summed E-state index contributed by atoms with van der Waals surface area (Å²) >= 11 is 6.11. The van der Waals surface area contributed by atoms with E-state index >= 15 is 0 Å². The zero-order valence-corrected chi connectivity index (χ0v) is 18.2. The summed E-state index contributed by atoms with van der Waals surface area (Å²) in [5, 5.41) is 3.65. The molecule has 1 amide bonds. The number of anilines is 1. The van der Waals surface area contributed by atoms with Gasteiger partial charge in [0.05, 0.1) is 29.0 Å². The van der Waals surface area contributed by atoms with Gasteiger partial charge >= 0.3 is 0 Å². The molecule has 30 heavy (non-hydrogen) atoms. The molecule has 6 nitrogen and oxygen atoms in total. The number of H-pyrrole nitrogens is 1. The summed E-state index contributed by atoms with van der Waals surface area (Å²) in [5.74, 6) is 1.65. The van der Waals surface area contributed by atoms with Crippen molar-refractivity contribution < 1.29 is 4.79 Å². The van der Waals surface area contributed by atoms with Gasteiger partial charge in [-0.15, -0.1) is 0 Å². The minimum atomic E-state index is 0.0549. The number of halogens is 1. The summed E-state index contributed by atoms with van der Waals surface area (Å²) in [4.78, 5) is 27.1. The quantitative estimate of drug-likeness (QED) is 0.575. The van der Waals surface area contributed by atoms with E-state index < -0.39 is 0 Å². The molecule has 7 heteroatoms. The van der Waals surface area contributed by atoms with Crippen LogP contribution in [0.4, 0.5) is 5.69 Å². The number of rotatable bonds is 6. The number of piperidine rings is 1. The molecular formula is C23H28ClN5O. The van der Waals surface area contributed by atoms with Crippen molar-refractivity contribution in [3.05, 3.63) is 53.1 Å². The topological polar surface area (TPSA) is 73.9 Å². The van der Waals surface area contributed by atoms with Crippen LogP contribution in [0.1, 0.15) is 49.7 Å². The Balaban J connectivity index is 1.30. The maximum Gasteiger partial charge on any atom is 0.224 e. The van der Waals surface area contributed by atoms with Gasteiger partial charge in [-0.3, -0.25) is 14.7 Å². The SMILES string of the molecule is Cc1ccc(NC(=O)CCC[C@@H]2CCN(C)[C@@H](c3nc4ccc(Cl)cc4[nH]3)C2)cn1. The monoisotopic (exact) mass is 425 g/mol. The number of fused-ring (bicyclic) bond motifs is 1. The number of hydrogen-bond donors (Lipinski definition) is 2. The Morgan fingerprint density at radius 2 is 2.20 bits per heavy atom. The van der Waals surface area contributed by atoms with Crippen LogP contribution in [-0.2, 0) is 4.79 Å². The highest BCUT2D eigenvalue weighted by Gasteiger charge is 2.29. The number of aryl methyl sites for hydroxylation is 1. The molecule has 2 aromatic heterocycles. The number of benzene rings is 1. The van der Waals surface area contributed by atoms with E-state index in [2.05, 4.69) is 27.2 Å². The van der Waals surface area contributed by atoms with E-state index in [1.807, 2.05) is 37.3 Å². The lowest BCUT2D eigenvalue weighted by Gasteiger charge is -2.36. The first-order valence-corrected chi connectivity index (χ1v) is 10.9. The largest absolute Gasteiger partial charge is 0.341 e. The van der Waals surface area contributed by atoms with Crippen LogP contribution >= 0.6 is 11.6 Å². The third kappa shape index (κ3) is 4.99. The van der Waals surface area contributed by atoms with Gasteiger partial charge in [-0.2, -0.15) is 0 Å². The number of pyridine rings is 1. The molecule has 3 aromatic rings. The number of amides is 1. The van der Waals surface area contributed by atoms with Gasteiger partial charge in [-0.25, -0.2) is 4.98 Å². The van der Waals surface area contributed by atoms with E-state index in [1.54, 1.807) is 6.20 Å². The molecule has 0 bridgehead atoms. The van der Waals surface area contributed by atoms with Crippen LogP contribution < -0.4 is 5.32 Å². The van der Waals surface area contributed by atoms with E-state index in [-0.39, 0.29) is 11.9 Å². The molecule has 0 radical (unpaired) electrons. The van der Waals surface area contributed by atoms with Gasteiger partial charge in [0.1, 0.15) is 5.82 Å². The number of hydrogen-bond acceptors (Lipinski definition) is 4. The van der Waals surface area contributed by atoms with Gasteiger partial charge in [-0.1, -0.05) is 11.6 Å². The van der Waals surface area contributed by atoms with E-state index in [1.165, 1.54) is 0 Å². The second kappa shape index (κ2) is 9.14. The summed E-state index contributed by atoms with van der Waals surface area (Å²) in [6, 6.07) is 9.82. The Labute approximate surface area is 182 Å². The van der Waals surface area contributed by atoms with Crippen LogP contribution in [0.25, 0.3) is 11.0 Å². The zero-order valence-electron chi connectivity index (χ0n) is 17.5. The number of aromatic amines is 1. The molecule has 1 saturated heterocycles. The van der Waals surface area contributed by atoms with Crippen molar-refractivity contribution in [1.29, 1.82) is 0 Å². The van der Waals surface area contributed by atoms with Crippen molar-refractivity contribution in [2.75, 3.05) is 18.9 Å². The smallest absolute Gasteiger partial charge is 0.224 e. The van der Waals surface area contributed by atoms with E-state index in [0.717, 1.165) is 60.5 Å². The minimum absolute atomic E-state index is 0.0549. The van der Waals surface area contributed by atoms with Gasteiger partial charge in [0.2, 0.25) is 5.91 Å². The molecule has 2 N–H and O–H groups in total. The fourth-order valence-corrected chi connectivity index (χ4v) is 4.39. The van der Waals surface area contributed by atoms with Crippen LogP contribution in [0.3, 0.4) is 0 Å². The Bertz CT molecular complexity index is 1020. The van der Waals surface area contributed by atoms with Crippen molar-refractivity contribution in [3.8, 4) is 0 Å². The Morgan fingerprint density at radius 1 is 1.33 bits per heavy atom. The highest BCUT2D eigenvalue weighted by molar-refractivity contribution is 6.31. The van der Waals surface area contributed by atoms with E-state index in [0.29, 0.717) is 17.4 Å². The average molecular weight is 426 g/mol. The number of carbonyl (C=O) groups excluding carboxylic acids is 1. The van der Waals surface area contributed by atoms with Crippen molar-refractivity contribution >= 4 is 34.2 Å². The molecule has 1 fully saturated rings. The standard InChI is InChI=1S/C23H28ClN5O/c1-15-6-8-18(14-25-15)26-22(30)5-3-4-16-10-11-29(2)21(12-16)23-27-19-9-7-17(24)13-20(19)28-23/h6-9,13-14,16,21H,3-5,10-12H2,1-2H3,(H,26,30)(H,27,28)/t16-,21-/m1/s1. The number of imidazole rings is 1. The second-order valence-corrected chi connectivity index (χ2v) is 8.74. The van der Waals surface area contributed by atoms with Crippen molar-refractivity contribution in [2.24, 2.45) is 5.92 Å².